The van der Waals surface area contributed by atoms with E-state index in [1.54, 1.807) is 11.3 Å². The molecule has 0 spiro atoms. The minimum atomic E-state index is 0.748. The fourth-order valence-corrected chi connectivity index (χ4v) is 2.76. The Bertz CT molecular complexity index is 524. The lowest BCUT2D eigenvalue weighted by Gasteiger charge is -1.99. The Morgan fingerprint density at radius 2 is 2.35 bits per heavy atom. The highest BCUT2D eigenvalue weighted by Crippen LogP contribution is 2.28. The van der Waals surface area contributed by atoms with E-state index in [1.165, 1.54) is 17.7 Å². The highest BCUT2D eigenvalue weighted by atomic mass is 32.1. The highest BCUT2D eigenvalue weighted by molar-refractivity contribution is 7.15. The third kappa shape index (κ3) is 2.40. The minimum absolute atomic E-state index is 0.748. The average Bonchev–Trinajstić information content (AvgIpc) is 2.92. The third-order valence-corrected chi connectivity index (χ3v) is 4.18. The van der Waals surface area contributed by atoms with Crippen molar-refractivity contribution in [3.05, 3.63) is 23.0 Å². The van der Waals surface area contributed by atoms with Crippen molar-refractivity contribution in [3.63, 3.8) is 0 Å². The molecular formula is C12H16N4S. The first-order chi connectivity index (χ1) is 8.22. The number of thiazole rings is 1. The van der Waals surface area contributed by atoms with Crippen LogP contribution in [0.1, 0.15) is 23.4 Å². The van der Waals surface area contributed by atoms with Crippen LogP contribution in [0, 0.1) is 6.92 Å². The van der Waals surface area contributed by atoms with E-state index in [0.29, 0.717) is 0 Å². The Morgan fingerprint density at radius 1 is 1.53 bits per heavy atom. The Hall–Kier alpha value is -1.20. The second kappa shape index (κ2) is 4.23. The summed E-state index contributed by atoms with van der Waals surface area (Å²) in [6.45, 7) is 3.04. The van der Waals surface area contributed by atoms with Gasteiger partial charge in [-0.1, -0.05) is 0 Å². The van der Waals surface area contributed by atoms with Gasteiger partial charge in [0.15, 0.2) is 0 Å². The molecule has 0 amide bonds. The van der Waals surface area contributed by atoms with Gasteiger partial charge >= 0.3 is 0 Å². The summed E-state index contributed by atoms with van der Waals surface area (Å²) >= 11 is 1.77. The normalized spacial score (nSPS) is 15.4. The number of aromatic nitrogens is 3. The summed E-state index contributed by atoms with van der Waals surface area (Å²) in [4.78, 5) is 5.96. The van der Waals surface area contributed by atoms with Gasteiger partial charge in [-0.2, -0.15) is 5.10 Å². The largest absolute Gasteiger partial charge is 0.309 e. The molecule has 2 heterocycles. The first-order valence-corrected chi connectivity index (χ1v) is 6.73. The van der Waals surface area contributed by atoms with Crippen LogP contribution in [0.2, 0.25) is 0 Å². The quantitative estimate of drug-likeness (QED) is 0.901. The lowest BCUT2D eigenvalue weighted by molar-refractivity contribution is 0.691. The van der Waals surface area contributed by atoms with E-state index in [2.05, 4.69) is 22.3 Å². The summed E-state index contributed by atoms with van der Waals surface area (Å²) in [7, 11) is 1.93. The van der Waals surface area contributed by atoms with Gasteiger partial charge in [-0.3, -0.25) is 4.68 Å². The van der Waals surface area contributed by atoms with Crippen molar-refractivity contribution in [2.75, 3.05) is 0 Å². The molecule has 1 N–H and O–H groups in total. The first kappa shape index (κ1) is 10.9. The Balaban J connectivity index is 1.79. The van der Waals surface area contributed by atoms with Gasteiger partial charge in [0.25, 0.3) is 0 Å². The van der Waals surface area contributed by atoms with Crippen LogP contribution >= 0.6 is 11.3 Å². The highest BCUT2D eigenvalue weighted by Gasteiger charge is 2.21. The maximum atomic E-state index is 4.62. The number of nitrogens with one attached hydrogen (secondary N) is 1. The van der Waals surface area contributed by atoms with Crippen LogP contribution in [0.15, 0.2) is 12.4 Å². The van der Waals surface area contributed by atoms with Crippen LogP contribution in [0.4, 0.5) is 0 Å². The van der Waals surface area contributed by atoms with Gasteiger partial charge in [-0.15, -0.1) is 11.3 Å². The van der Waals surface area contributed by atoms with Crippen LogP contribution in [0.5, 0.6) is 0 Å². The summed E-state index contributed by atoms with van der Waals surface area (Å²) in [5.74, 6) is 0. The summed E-state index contributed by atoms with van der Waals surface area (Å²) < 4.78 is 1.81. The second-order valence-corrected chi connectivity index (χ2v) is 5.67. The number of rotatable bonds is 4. The lowest BCUT2D eigenvalue weighted by atomic mass is 10.3. The van der Waals surface area contributed by atoms with Gasteiger partial charge in [0.2, 0.25) is 0 Å². The molecule has 2 aromatic rings. The average molecular weight is 248 g/mol. The van der Waals surface area contributed by atoms with Gasteiger partial charge in [0.1, 0.15) is 5.01 Å². The van der Waals surface area contributed by atoms with Crippen LogP contribution in [0.3, 0.4) is 0 Å². The van der Waals surface area contributed by atoms with Gasteiger partial charge in [0, 0.05) is 36.3 Å². The molecule has 2 aromatic heterocycles. The molecule has 1 saturated carbocycles. The van der Waals surface area contributed by atoms with Gasteiger partial charge in [0.05, 0.1) is 11.9 Å². The fraction of sp³-hybridized carbons (Fsp3) is 0.500. The summed E-state index contributed by atoms with van der Waals surface area (Å²) in [6, 6.07) is 0.748. The van der Waals surface area contributed by atoms with Crippen LogP contribution in [-0.2, 0) is 13.6 Å². The number of hydrogen-bond donors (Lipinski definition) is 1. The molecule has 0 aliphatic heterocycles. The zero-order valence-electron chi connectivity index (χ0n) is 10.1. The van der Waals surface area contributed by atoms with E-state index in [0.717, 1.165) is 28.9 Å². The van der Waals surface area contributed by atoms with E-state index in [-0.39, 0.29) is 0 Å². The van der Waals surface area contributed by atoms with E-state index < -0.39 is 0 Å². The zero-order chi connectivity index (χ0) is 11.8. The molecule has 90 valence electrons. The Labute approximate surface area is 105 Å². The molecular weight excluding hydrogens is 232 g/mol. The van der Waals surface area contributed by atoms with E-state index >= 15 is 0 Å². The van der Waals surface area contributed by atoms with Crippen LogP contribution < -0.4 is 5.32 Å². The molecule has 0 radical (unpaired) electrons. The molecule has 1 aliphatic carbocycles. The van der Waals surface area contributed by atoms with E-state index in [4.69, 9.17) is 0 Å². The van der Waals surface area contributed by atoms with Gasteiger partial charge in [-0.05, 0) is 19.8 Å². The molecule has 0 saturated heterocycles. The van der Waals surface area contributed by atoms with Crippen molar-refractivity contribution in [1.29, 1.82) is 0 Å². The fourth-order valence-electron chi connectivity index (χ4n) is 1.77. The van der Waals surface area contributed by atoms with E-state index in [9.17, 15) is 0 Å². The van der Waals surface area contributed by atoms with Crippen molar-refractivity contribution < 1.29 is 0 Å². The topological polar surface area (TPSA) is 42.7 Å². The van der Waals surface area contributed by atoms with Crippen molar-refractivity contribution >= 4 is 11.3 Å². The zero-order valence-corrected chi connectivity index (χ0v) is 10.9. The molecule has 0 atom stereocenters. The number of aryl methyl sites for hydroxylation is 2. The van der Waals surface area contributed by atoms with Crippen molar-refractivity contribution in [1.82, 2.24) is 20.1 Å². The summed E-state index contributed by atoms with van der Waals surface area (Å²) in [6.07, 6.45) is 6.54. The SMILES string of the molecule is Cc1nc(-c2cnn(C)c2)sc1CNC1CC1. The maximum absolute atomic E-state index is 4.62. The lowest BCUT2D eigenvalue weighted by Crippen LogP contribution is -2.14. The number of hydrogen-bond acceptors (Lipinski definition) is 4. The molecule has 4 nitrogen and oxygen atoms in total. The summed E-state index contributed by atoms with van der Waals surface area (Å²) in [5, 5.41) is 8.79. The van der Waals surface area contributed by atoms with Crippen molar-refractivity contribution in [2.45, 2.75) is 32.4 Å². The van der Waals surface area contributed by atoms with Crippen LogP contribution in [-0.4, -0.2) is 20.8 Å². The molecule has 0 bridgehead atoms. The second-order valence-electron chi connectivity index (χ2n) is 4.59. The standard InChI is InChI=1S/C12H16N4S/c1-8-11(6-13-10-3-4-10)17-12(15-8)9-5-14-16(2)7-9/h5,7,10,13H,3-4,6H2,1-2H3. The Kier molecular flexibility index (Phi) is 2.72. The van der Waals surface area contributed by atoms with Gasteiger partial charge in [-0.25, -0.2) is 4.98 Å². The van der Waals surface area contributed by atoms with Crippen molar-refractivity contribution in [2.24, 2.45) is 7.05 Å². The maximum Gasteiger partial charge on any atom is 0.127 e. The third-order valence-electron chi connectivity index (χ3n) is 2.97. The molecule has 3 rings (SSSR count). The number of nitrogens with zero attached hydrogens (tertiary/aromatic N) is 3. The first-order valence-electron chi connectivity index (χ1n) is 5.91. The van der Waals surface area contributed by atoms with E-state index in [1.807, 2.05) is 24.1 Å². The predicted molar refractivity (Wildman–Crippen MR) is 68.9 cm³/mol. The molecule has 1 aliphatic rings. The smallest absolute Gasteiger partial charge is 0.127 e. The summed E-state index contributed by atoms with van der Waals surface area (Å²) in [5.41, 5.74) is 2.25. The molecule has 1 fully saturated rings. The van der Waals surface area contributed by atoms with Crippen LogP contribution in [0.25, 0.3) is 10.6 Å². The monoisotopic (exact) mass is 248 g/mol. The molecule has 17 heavy (non-hydrogen) atoms. The molecule has 5 heteroatoms. The van der Waals surface area contributed by atoms with Gasteiger partial charge < -0.3 is 5.32 Å². The minimum Gasteiger partial charge on any atom is -0.309 e. The predicted octanol–water partition coefficient (Wildman–Crippen LogP) is 2.10. The van der Waals surface area contributed by atoms with Crippen molar-refractivity contribution in [3.8, 4) is 10.6 Å². The molecule has 0 aromatic carbocycles. The molecule has 0 unspecified atom stereocenters. The Morgan fingerprint density at radius 3 is 3.00 bits per heavy atom.